The molecular formula is C17H18N4O3. The number of nitrogens with zero attached hydrogens (tertiary/aromatic N) is 4. The van der Waals surface area contributed by atoms with Crippen LogP contribution in [0, 0.1) is 6.92 Å². The van der Waals surface area contributed by atoms with E-state index in [0.29, 0.717) is 29.1 Å². The van der Waals surface area contributed by atoms with Gasteiger partial charge in [-0.15, -0.1) is 0 Å². The minimum absolute atomic E-state index is 0.166. The monoisotopic (exact) mass is 326 g/mol. The molecule has 0 atom stereocenters. The molecular weight excluding hydrogens is 308 g/mol. The zero-order chi connectivity index (χ0) is 17.3. The third kappa shape index (κ3) is 2.58. The molecule has 2 aromatic heterocycles. The summed E-state index contributed by atoms with van der Waals surface area (Å²) in [4.78, 5) is 29.5. The van der Waals surface area contributed by atoms with Crippen molar-refractivity contribution < 1.29 is 9.53 Å². The molecule has 0 amide bonds. The van der Waals surface area contributed by atoms with Crippen molar-refractivity contribution in [2.24, 2.45) is 0 Å². The van der Waals surface area contributed by atoms with Gasteiger partial charge in [-0.25, -0.2) is 9.78 Å². The molecule has 0 spiro atoms. The molecule has 0 N–H and O–H groups in total. The molecule has 1 aromatic carbocycles. The van der Waals surface area contributed by atoms with Gasteiger partial charge in [-0.05, 0) is 39.0 Å². The van der Waals surface area contributed by atoms with Gasteiger partial charge in [0.25, 0.3) is 5.56 Å². The summed E-state index contributed by atoms with van der Waals surface area (Å²) in [5, 5.41) is 4.87. The first kappa shape index (κ1) is 15.9. The summed E-state index contributed by atoms with van der Waals surface area (Å²) in [5.74, 6) is -0.194. The molecule has 3 aromatic rings. The van der Waals surface area contributed by atoms with Crippen LogP contribution in [0.5, 0.6) is 0 Å². The summed E-state index contributed by atoms with van der Waals surface area (Å²) >= 11 is 0. The lowest BCUT2D eigenvalue weighted by molar-refractivity contribution is 0.0515. The number of aryl methyl sites for hydroxylation is 1. The molecule has 0 unspecified atom stereocenters. The number of para-hydroxylation sites is 1. The van der Waals surface area contributed by atoms with E-state index in [0.717, 1.165) is 0 Å². The number of hydrogen-bond acceptors (Lipinski definition) is 5. The Hall–Kier alpha value is -2.96. The van der Waals surface area contributed by atoms with E-state index in [1.54, 1.807) is 38.1 Å². The summed E-state index contributed by atoms with van der Waals surface area (Å²) in [6.45, 7) is 6.03. The van der Waals surface area contributed by atoms with Crippen LogP contribution >= 0.6 is 0 Å². The predicted octanol–water partition coefficient (Wildman–Crippen LogP) is 2.09. The Bertz CT molecular complexity index is 972. The SMILES string of the molecule is CCOC(=O)c1cc(C)nn1-c1nc2ccccc2c(=O)n1CC. The number of benzene rings is 1. The Morgan fingerprint density at radius 2 is 2.00 bits per heavy atom. The Morgan fingerprint density at radius 3 is 2.71 bits per heavy atom. The van der Waals surface area contributed by atoms with Crippen LogP contribution in [0.3, 0.4) is 0 Å². The minimum atomic E-state index is -0.497. The van der Waals surface area contributed by atoms with Crippen LogP contribution in [-0.2, 0) is 11.3 Å². The highest BCUT2D eigenvalue weighted by Crippen LogP contribution is 2.15. The van der Waals surface area contributed by atoms with Crippen LogP contribution < -0.4 is 5.56 Å². The largest absolute Gasteiger partial charge is 0.461 e. The third-order valence-corrected chi connectivity index (χ3v) is 3.66. The van der Waals surface area contributed by atoms with Gasteiger partial charge >= 0.3 is 5.97 Å². The topological polar surface area (TPSA) is 79.0 Å². The Kier molecular flexibility index (Phi) is 4.16. The molecule has 0 aliphatic rings. The van der Waals surface area contributed by atoms with Crippen LogP contribution in [0.25, 0.3) is 16.9 Å². The molecule has 7 heteroatoms. The average Bonchev–Trinajstić information content (AvgIpc) is 2.97. The van der Waals surface area contributed by atoms with Crippen molar-refractivity contribution >= 4 is 16.9 Å². The molecule has 124 valence electrons. The summed E-state index contributed by atoms with van der Waals surface area (Å²) in [5.41, 5.74) is 1.29. The van der Waals surface area contributed by atoms with E-state index in [9.17, 15) is 9.59 Å². The minimum Gasteiger partial charge on any atom is -0.461 e. The van der Waals surface area contributed by atoms with Crippen molar-refractivity contribution in [3.63, 3.8) is 0 Å². The summed E-state index contributed by atoms with van der Waals surface area (Å²) < 4.78 is 7.96. The van der Waals surface area contributed by atoms with Crippen molar-refractivity contribution in [1.82, 2.24) is 19.3 Å². The second-order valence-corrected chi connectivity index (χ2v) is 5.28. The highest BCUT2D eigenvalue weighted by Gasteiger charge is 2.20. The van der Waals surface area contributed by atoms with Crippen LogP contribution in [0.4, 0.5) is 0 Å². The Morgan fingerprint density at radius 1 is 1.25 bits per heavy atom. The van der Waals surface area contributed by atoms with Gasteiger partial charge in [-0.3, -0.25) is 9.36 Å². The number of fused-ring (bicyclic) bond motifs is 1. The molecule has 2 heterocycles. The smallest absolute Gasteiger partial charge is 0.357 e. The highest BCUT2D eigenvalue weighted by molar-refractivity contribution is 5.88. The number of carbonyl (C=O) groups is 1. The summed E-state index contributed by atoms with van der Waals surface area (Å²) in [7, 11) is 0. The molecule has 3 rings (SSSR count). The maximum atomic E-state index is 12.7. The quantitative estimate of drug-likeness (QED) is 0.686. The van der Waals surface area contributed by atoms with Gasteiger partial charge in [0.15, 0.2) is 5.69 Å². The molecule has 0 fully saturated rings. The zero-order valence-corrected chi connectivity index (χ0v) is 13.8. The fourth-order valence-corrected chi connectivity index (χ4v) is 2.61. The first-order chi connectivity index (χ1) is 11.6. The highest BCUT2D eigenvalue weighted by atomic mass is 16.5. The van der Waals surface area contributed by atoms with Crippen LogP contribution in [0.15, 0.2) is 35.1 Å². The number of rotatable bonds is 4. The normalized spacial score (nSPS) is 11.0. The average molecular weight is 326 g/mol. The number of hydrogen-bond donors (Lipinski definition) is 0. The first-order valence-corrected chi connectivity index (χ1v) is 7.80. The molecule has 0 saturated heterocycles. The summed E-state index contributed by atoms with van der Waals surface area (Å²) in [6, 6.07) is 8.74. The van der Waals surface area contributed by atoms with Gasteiger partial charge in [-0.1, -0.05) is 12.1 Å². The lowest BCUT2D eigenvalue weighted by Gasteiger charge is -2.13. The van der Waals surface area contributed by atoms with Gasteiger partial charge in [0.1, 0.15) is 0 Å². The fraction of sp³-hybridized carbons (Fsp3) is 0.294. The van der Waals surface area contributed by atoms with E-state index in [4.69, 9.17) is 4.74 Å². The van der Waals surface area contributed by atoms with E-state index in [1.165, 1.54) is 9.25 Å². The molecule has 24 heavy (non-hydrogen) atoms. The van der Waals surface area contributed by atoms with Gasteiger partial charge in [0.05, 0.1) is 23.2 Å². The first-order valence-electron chi connectivity index (χ1n) is 7.80. The van der Waals surface area contributed by atoms with E-state index >= 15 is 0 Å². The van der Waals surface area contributed by atoms with E-state index in [2.05, 4.69) is 10.1 Å². The standard InChI is InChI=1S/C17H18N4O3/c1-4-20-15(22)12-8-6-7-9-13(12)18-17(20)21-14(10-11(3)19-21)16(23)24-5-2/h6-10H,4-5H2,1-3H3. The number of aromatic nitrogens is 4. The lowest BCUT2D eigenvalue weighted by Crippen LogP contribution is -2.27. The fourth-order valence-electron chi connectivity index (χ4n) is 2.61. The molecule has 0 saturated carbocycles. The van der Waals surface area contributed by atoms with Crippen molar-refractivity contribution in [2.45, 2.75) is 27.3 Å². The van der Waals surface area contributed by atoms with Crippen LogP contribution in [0.1, 0.15) is 30.0 Å². The molecule has 7 nitrogen and oxygen atoms in total. The molecule has 0 bridgehead atoms. The van der Waals surface area contributed by atoms with Gasteiger partial charge in [0.2, 0.25) is 5.95 Å². The van der Waals surface area contributed by atoms with Gasteiger partial charge < -0.3 is 4.74 Å². The Balaban J connectivity index is 2.31. The number of ether oxygens (including phenoxy) is 1. The number of esters is 1. The predicted molar refractivity (Wildman–Crippen MR) is 89.5 cm³/mol. The molecule has 0 aliphatic heterocycles. The maximum absolute atomic E-state index is 12.7. The van der Waals surface area contributed by atoms with Crippen molar-refractivity contribution in [3.05, 3.63) is 52.1 Å². The van der Waals surface area contributed by atoms with Gasteiger partial charge in [-0.2, -0.15) is 9.78 Å². The summed E-state index contributed by atoms with van der Waals surface area (Å²) in [6.07, 6.45) is 0. The molecule has 0 aliphatic carbocycles. The maximum Gasteiger partial charge on any atom is 0.357 e. The van der Waals surface area contributed by atoms with Crippen LogP contribution in [-0.4, -0.2) is 31.9 Å². The van der Waals surface area contributed by atoms with Gasteiger partial charge in [0, 0.05) is 6.54 Å². The van der Waals surface area contributed by atoms with E-state index in [1.807, 2.05) is 13.0 Å². The van der Waals surface area contributed by atoms with Crippen molar-refractivity contribution in [2.75, 3.05) is 6.61 Å². The second kappa shape index (κ2) is 6.27. The second-order valence-electron chi connectivity index (χ2n) is 5.28. The Labute approximate surface area is 138 Å². The van der Waals surface area contributed by atoms with Crippen molar-refractivity contribution in [3.8, 4) is 5.95 Å². The van der Waals surface area contributed by atoms with E-state index in [-0.39, 0.29) is 17.9 Å². The molecule has 0 radical (unpaired) electrons. The van der Waals surface area contributed by atoms with Crippen LogP contribution in [0.2, 0.25) is 0 Å². The van der Waals surface area contributed by atoms with Crippen molar-refractivity contribution in [1.29, 1.82) is 0 Å². The lowest BCUT2D eigenvalue weighted by atomic mass is 10.2. The third-order valence-electron chi connectivity index (χ3n) is 3.66. The zero-order valence-electron chi connectivity index (χ0n) is 13.8. The van der Waals surface area contributed by atoms with E-state index < -0.39 is 5.97 Å². The number of carbonyl (C=O) groups excluding carboxylic acids is 1.